The van der Waals surface area contributed by atoms with Gasteiger partial charge in [0.05, 0.1) is 5.60 Å². The van der Waals surface area contributed by atoms with Gasteiger partial charge in [-0.15, -0.1) is 6.58 Å². The van der Waals surface area contributed by atoms with Crippen molar-refractivity contribution in [2.24, 2.45) is 0 Å². The van der Waals surface area contributed by atoms with Crippen molar-refractivity contribution in [2.45, 2.75) is 58.2 Å². The van der Waals surface area contributed by atoms with E-state index in [1.807, 2.05) is 20.8 Å². The van der Waals surface area contributed by atoms with Gasteiger partial charge in [0.2, 0.25) is 0 Å². The molecule has 1 N–H and O–H groups in total. The molecule has 84 valence electrons. The molecule has 0 aromatic heterocycles. The second-order valence-corrected chi connectivity index (χ2v) is 4.12. The van der Waals surface area contributed by atoms with Gasteiger partial charge in [-0.2, -0.15) is 0 Å². The van der Waals surface area contributed by atoms with Gasteiger partial charge in [0.25, 0.3) is 0 Å². The number of ether oxygens (including phenoxy) is 1. The molecule has 0 amide bonds. The fourth-order valence-corrected chi connectivity index (χ4v) is 1.50. The number of hydrogen-bond acceptors (Lipinski definition) is 2. The molecule has 2 nitrogen and oxygen atoms in total. The van der Waals surface area contributed by atoms with Crippen molar-refractivity contribution in [3.05, 3.63) is 12.7 Å². The van der Waals surface area contributed by atoms with Gasteiger partial charge in [-0.05, 0) is 27.2 Å². The van der Waals surface area contributed by atoms with E-state index >= 15 is 0 Å². The Morgan fingerprint density at radius 1 is 1.36 bits per heavy atom. The Bertz CT molecular complexity index is 175. The molecular formula is C12H24O2. The Labute approximate surface area is 88.0 Å². The minimum absolute atomic E-state index is 0.588. The van der Waals surface area contributed by atoms with Gasteiger partial charge in [0.1, 0.15) is 5.60 Å². The summed E-state index contributed by atoms with van der Waals surface area (Å²) in [5, 5.41) is 10.3. The first-order valence-electron chi connectivity index (χ1n) is 5.43. The lowest BCUT2D eigenvalue weighted by Gasteiger charge is -2.40. The van der Waals surface area contributed by atoms with Crippen LogP contribution in [0.25, 0.3) is 0 Å². The van der Waals surface area contributed by atoms with Crippen molar-refractivity contribution in [3.63, 3.8) is 0 Å². The lowest BCUT2D eigenvalue weighted by atomic mass is 9.82. The Hall–Kier alpha value is -0.340. The van der Waals surface area contributed by atoms with Crippen LogP contribution in [0.1, 0.15) is 47.0 Å². The van der Waals surface area contributed by atoms with Crippen LogP contribution < -0.4 is 0 Å². The van der Waals surface area contributed by atoms with Gasteiger partial charge in [-0.25, -0.2) is 0 Å². The third-order valence-electron chi connectivity index (χ3n) is 2.92. The van der Waals surface area contributed by atoms with Gasteiger partial charge >= 0.3 is 0 Å². The highest BCUT2D eigenvalue weighted by Crippen LogP contribution is 2.31. The van der Waals surface area contributed by atoms with Gasteiger partial charge in [-0.3, -0.25) is 0 Å². The summed E-state index contributed by atoms with van der Waals surface area (Å²) in [4.78, 5) is 0. The number of aliphatic hydroxyl groups is 1. The maximum absolute atomic E-state index is 10.3. The molecule has 0 aliphatic heterocycles. The van der Waals surface area contributed by atoms with E-state index in [1.165, 1.54) is 0 Å². The van der Waals surface area contributed by atoms with Crippen LogP contribution in [0.4, 0.5) is 0 Å². The zero-order valence-corrected chi connectivity index (χ0v) is 9.97. The van der Waals surface area contributed by atoms with Crippen LogP contribution in [-0.4, -0.2) is 22.9 Å². The monoisotopic (exact) mass is 200 g/mol. The van der Waals surface area contributed by atoms with E-state index in [1.54, 1.807) is 6.08 Å². The van der Waals surface area contributed by atoms with Crippen LogP contribution in [0.2, 0.25) is 0 Å². The molecule has 0 rings (SSSR count). The number of unbranched alkanes of at least 4 members (excludes halogenated alkanes) is 1. The summed E-state index contributed by atoms with van der Waals surface area (Å²) in [5.74, 6) is 0. The van der Waals surface area contributed by atoms with E-state index in [9.17, 15) is 5.11 Å². The quantitative estimate of drug-likeness (QED) is 0.640. The molecule has 0 bridgehead atoms. The summed E-state index contributed by atoms with van der Waals surface area (Å²) in [6.45, 7) is 12.1. The molecule has 0 saturated heterocycles. The lowest BCUT2D eigenvalue weighted by molar-refractivity contribution is -0.139. The third-order valence-corrected chi connectivity index (χ3v) is 2.92. The molecule has 0 heterocycles. The average Bonchev–Trinajstić information content (AvgIpc) is 2.14. The standard InChI is InChI=1S/C12H24O2/c1-6-9-10-11(4,13)12(5,7-2)14-8-3/h7,13H,2,6,8-10H2,1,3-5H3. The van der Waals surface area contributed by atoms with Crippen molar-refractivity contribution in [3.8, 4) is 0 Å². The molecule has 0 spiro atoms. The Morgan fingerprint density at radius 2 is 1.93 bits per heavy atom. The summed E-state index contributed by atoms with van der Waals surface area (Å²) in [5.41, 5.74) is -1.47. The fraction of sp³-hybridized carbons (Fsp3) is 0.833. The van der Waals surface area contributed by atoms with Crippen LogP contribution >= 0.6 is 0 Å². The Balaban J connectivity index is 4.53. The van der Waals surface area contributed by atoms with E-state index < -0.39 is 11.2 Å². The van der Waals surface area contributed by atoms with Crippen molar-refractivity contribution in [2.75, 3.05) is 6.61 Å². The fourth-order valence-electron chi connectivity index (χ4n) is 1.50. The second kappa shape index (κ2) is 5.52. The molecule has 2 atom stereocenters. The molecule has 0 aliphatic rings. The van der Waals surface area contributed by atoms with E-state index in [2.05, 4.69) is 13.5 Å². The first-order valence-corrected chi connectivity index (χ1v) is 5.43. The van der Waals surface area contributed by atoms with E-state index in [4.69, 9.17) is 4.74 Å². The lowest BCUT2D eigenvalue weighted by Crippen LogP contribution is -2.50. The molecule has 0 radical (unpaired) electrons. The molecule has 0 aromatic carbocycles. The predicted octanol–water partition coefficient (Wildman–Crippen LogP) is 2.91. The molecule has 0 aliphatic carbocycles. The first kappa shape index (κ1) is 13.7. The summed E-state index contributed by atoms with van der Waals surface area (Å²) in [6, 6.07) is 0. The highest BCUT2D eigenvalue weighted by Gasteiger charge is 2.40. The van der Waals surface area contributed by atoms with Crippen LogP contribution in [-0.2, 0) is 4.74 Å². The van der Waals surface area contributed by atoms with Crippen LogP contribution in [0, 0.1) is 0 Å². The summed E-state index contributed by atoms with van der Waals surface area (Å²) in [6.07, 6.45) is 4.52. The van der Waals surface area contributed by atoms with Crippen molar-refractivity contribution >= 4 is 0 Å². The number of hydrogen-bond donors (Lipinski definition) is 1. The molecule has 0 saturated carbocycles. The van der Waals surface area contributed by atoms with Gasteiger partial charge < -0.3 is 9.84 Å². The molecule has 2 unspecified atom stereocenters. The van der Waals surface area contributed by atoms with Crippen molar-refractivity contribution < 1.29 is 9.84 Å². The predicted molar refractivity (Wildman–Crippen MR) is 60.4 cm³/mol. The zero-order valence-electron chi connectivity index (χ0n) is 9.97. The third kappa shape index (κ3) is 3.10. The maximum atomic E-state index is 10.3. The molecular weight excluding hydrogens is 176 g/mol. The summed E-state index contributed by atoms with van der Waals surface area (Å²) in [7, 11) is 0. The van der Waals surface area contributed by atoms with E-state index in [0.29, 0.717) is 6.61 Å². The largest absolute Gasteiger partial charge is 0.387 e. The van der Waals surface area contributed by atoms with Crippen molar-refractivity contribution in [1.29, 1.82) is 0 Å². The van der Waals surface area contributed by atoms with E-state index in [0.717, 1.165) is 19.3 Å². The first-order chi connectivity index (χ1) is 6.43. The molecule has 14 heavy (non-hydrogen) atoms. The van der Waals surface area contributed by atoms with Crippen LogP contribution in [0.5, 0.6) is 0 Å². The SMILES string of the molecule is C=CC(C)(OCC)C(C)(O)CCCC. The average molecular weight is 200 g/mol. The van der Waals surface area contributed by atoms with Crippen molar-refractivity contribution in [1.82, 2.24) is 0 Å². The highest BCUT2D eigenvalue weighted by atomic mass is 16.5. The number of rotatable bonds is 7. The Morgan fingerprint density at radius 3 is 2.29 bits per heavy atom. The highest BCUT2D eigenvalue weighted by molar-refractivity contribution is 5.06. The smallest absolute Gasteiger partial charge is 0.111 e. The van der Waals surface area contributed by atoms with Gasteiger partial charge in [-0.1, -0.05) is 25.8 Å². The summed E-state index contributed by atoms with van der Waals surface area (Å²) >= 11 is 0. The molecule has 0 aromatic rings. The minimum atomic E-state index is -0.833. The van der Waals surface area contributed by atoms with Crippen LogP contribution in [0.3, 0.4) is 0 Å². The maximum Gasteiger partial charge on any atom is 0.111 e. The zero-order chi connectivity index (χ0) is 11.2. The van der Waals surface area contributed by atoms with Crippen LogP contribution in [0.15, 0.2) is 12.7 Å². The minimum Gasteiger partial charge on any atom is -0.387 e. The summed E-state index contributed by atoms with van der Waals surface area (Å²) < 4.78 is 5.57. The van der Waals surface area contributed by atoms with E-state index in [-0.39, 0.29) is 0 Å². The normalized spacial score (nSPS) is 19.8. The Kier molecular flexibility index (Phi) is 5.38. The van der Waals surface area contributed by atoms with Gasteiger partial charge in [0, 0.05) is 6.61 Å². The molecule has 2 heteroatoms. The topological polar surface area (TPSA) is 29.5 Å². The van der Waals surface area contributed by atoms with Gasteiger partial charge in [0.15, 0.2) is 0 Å². The second-order valence-electron chi connectivity index (χ2n) is 4.12. The molecule has 0 fully saturated rings.